The van der Waals surface area contributed by atoms with Gasteiger partial charge in [0.15, 0.2) is 6.61 Å². The minimum Gasteiger partial charge on any atom is -0.484 e. The molecular formula is C20H17Cl2N3O3. The van der Waals surface area contributed by atoms with Crippen molar-refractivity contribution in [2.24, 2.45) is 0 Å². The Morgan fingerprint density at radius 3 is 2.54 bits per heavy atom. The number of benzene rings is 2. The molecule has 0 saturated carbocycles. The highest BCUT2D eigenvalue weighted by Gasteiger charge is 2.12. The zero-order valence-electron chi connectivity index (χ0n) is 15.0. The SMILES string of the molecule is CCNC(=O)COc1ccc(/C=C(/C#N)C(=O)Nc2cc(Cl)ccc2Cl)cc1. The average molecular weight is 418 g/mol. The van der Waals surface area contributed by atoms with E-state index < -0.39 is 5.91 Å². The largest absolute Gasteiger partial charge is 0.484 e. The summed E-state index contributed by atoms with van der Waals surface area (Å²) in [5, 5.41) is 15.2. The molecule has 144 valence electrons. The quantitative estimate of drug-likeness (QED) is 0.524. The van der Waals surface area contributed by atoms with Gasteiger partial charge >= 0.3 is 0 Å². The summed E-state index contributed by atoms with van der Waals surface area (Å²) in [7, 11) is 0. The van der Waals surface area contributed by atoms with E-state index in [0.29, 0.717) is 33.6 Å². The molecule has 2 aromatic rings. The lowest BCUT2D eigenvalue weighted by Gasteiger charge is -2.08. The molecule has 0 aromatic heterocycles. The normalized spacial score (nSPS) is 10.7. The minimum atomic E-state index is -0.608. The molecule has 0 aliphatic heterocycles. The number of nitrogens with zero attached hydrogens (tertiary/aromatic N) is 1. The van der Waals surface area contributed by atoms with Crippen LogP contribution in [-0.2, 0) is 9.59 Å². The molecule has 6 nitrogen and oxygen atoms in total. The Hall–Kier alpha value is -3.01. The van der Waals surface area contributed by atoms with Crippen LogP contribution in [0.4, 0.5) is 5.69 Å². The van der Waals surface area contributed by atoms with Gasteiger partial charge in [0.2, 0.25) is 0 Å². The van der Waals surface area contributed by atoms with Crippen molar-refractivity contribution in [1.29, 1.82) is 5.26 Å². The van der Waals surface area contributed by atoms with Crippen molar-refractivity contribution in [2.45, 2.75) is 6.92 Å². The number of likely N-dealkylation sites (N-methyl/N-ethyl adjacent to an activating group) is 1. The highest BCUT2D eigenvalue weighted by molar-refractivity contribution is 6.36. The van der Waals surface area contributed by atoms with Gasteiger partial charge in [-0.1, -0.05) is 35.3 Å². The van der Waals surface area contributed by atoms with Gasteiger partial charge in [0.1, 0.15) is 17.4 Å². The molecule has 2 aromatic carbocycles. The van der Waals surface area contributed by atoms with Gasteiger partial charge in [0.05, 0.1) is 10.7 Å². The topological polar surface area (TPSA) is 91.2 Å². The van der Waals surface area contributed by atoms with Crippen LogP contribution >= 0.6 is 23.2 Å². The zero-order chi connectivity index (χ0) is 20.5. The number of anilines is 1. The second-order valence-corrected chi connectivity index (χ2v) is 6.40. The first-order chi connectivity index (χ1) is 13.4. The number of hydrogen-bond donors (Lipinski definition) is 2. The Labute approximate surface area is 172 Å². The Morgan fingerprint density at radius 1 is 1.18 bits per heavy atom. The molecule has 28 heavy (non-hydrogen) atoms. The molecule has 8 heteroatoms. The van der Waals surface area contributed by atoms with Gasteiger partial charge in [-0.3, -0.25) is 9.59 Å². The van der Waals surface area contributed by atoms with E-state index in [1.54, 1.807) is 36.4 Å². The standard InChI is InChI=1S/C20H17Cl2N3O3/c1-2-24-19(26)12-28-16-6-3-13(4-7-16)9-14(11-23)20(27)25-18-10-15(21)5-8-17(18)22/h3-10H,2,12H2,1H3,(H,24,26)(H,25,27)/b14-9-. The van der Waals surface area contributed by atoms with Gasteiger partial charge in [0.25, 0.3) is 11.8 Å². The van der Waals surface area contributed by atoms with Crippen molar-refractivity contribution in [1.82, 2.24) is 5.32 Å². The van der Waals surface area contributed by atoms with Crippen LogP contribution in [0.3, 0.4) is 0 Å². The maximum absolute atomic E-state index is 12.3. The highest BCUT2D eigenvalue weighted by Crippen LogP contribution is 2.26. The van der Waals surface area contributed by atoms with Crippen LogP contribution in [-0.4, -0.2) is 25.0 Å². The highest BCUT2D eigenvalue weighted by atomic mass is 35.5. The molecular weight excluding hydrogens is 401 g/mol. The van der Waals surface area contributed by atoms with Gasteiger partial charge < -0.3 is 15.4 Å². The van der Waals surface area contributed by atoms with Crippen LogP contribution in [0.5, 0.6) is 5.75 Å². The number of nitriles is 1. The van der Waals surface area contributed by atoms with E-state index in [-0.39, 0.29) is 18.1 Å². The first kappa shape index (κ1) is 21.3. The number of carbonyl (C=O) groups excluding carboxylic acids is 2. The van der Waals surface area contributed by atoms with Crippen molar-refractivity contribution in [3.63, 3.8) is 0 Å². The fourth-order valence-electron chi connectivity index (χ4n) is 2.16. The Bertz CT molecular complexity index is 935. The van der Waals surface area contributed by atoms with Gasteiger partial charge in [0, 0.05) is 11.6 Å². The summed E-state index contributed by atoms with van der Waals surface area (Å²) >= 11 is 11.9. The molecule has 0 radical (unpaired) electrons. The first-order valence-electron chi connectivity index (χ1n) is 8.30. The van der Waals surface area contributed by atoms with E-state index in [0.717, 1.165) is 0 Å². The summed E-state index contributed by atoms with van der Waals surface area (Å²) in [5.41, 5.74) is 0.829. The lowest BCUT2D eigenvalue weighted by atomic mass is 10.1. The summed E-state index contributed by atoms with van der Waals surface area (Å²) in [6, 6.07) is 13.1. The molecule has 0 spiro atoms. The molecule has 0 aliphatic carbocycles. The Balaban J connectivity index is 2.07. The maximum Gasteiger partial charge on any atom is 0.266 e. The van der Waals surface area contributed by atoms with E-state index in [2.05, 4.69) is 10.6 Å². The average Bonchev–Trinajstić information content (AvgIpc) is 2.68. The van der Waals surface area contributed by atoms with Crippen molar-refractivity contribution in [2.75, 3.05) is 18.5 Å². The minimum absolute atomic E-state index is 0.0880. The van der Waals surface area contributed by atoms with Crippen LogP contribution in [0.2, 0.25) is 10.0 Å². The lowest BCUT2D eigenvalue weighted by Crippen LogP contribution is -2.28. The number of nitrogens with one attached hydrogen (secondary N) is 2. The maximum atomic E-state index is 12.3. The molecule has 2 amide bonds. The molecule has 0 unspecified atom stereocenters. The van der Waals surface area contributed by atoms with E-state index in [1.165, 1.54) is 12.1 Å². The fourth-order valence-corrected chi connectivity index (χ4v) is 2.49. The van der Waals surface area contributed by atoms with Gasteiger partial charge in [-0.05, 0) is 48.9 Å². The van der Waals surface area contributed by atoms with Crippen molar-refractivity contribution in [3.8, 4) is 11.8 Å². The first-order valence-corrected chi connectivity index (χ1v) is 9.06. The fraction of sp³-hybridized carbons (Fsp3) is 0.150. The number of halogens is 2. The predicted molar refractivity (Wildman–Crippen MR) is 109 cm³/mol. The van der Waals surface area contributed by atoms with E-state index in [4.69, 9.17) is 27.9 Å². The lowest BCUT2D eigenvalue weighted by molar-refractivity contribution is -0.123. The molecule has 0 bridgehead atoms. The smallest absolute Gasteiger partial charge is 0.266 e. The predicted octanol–water partition coefficient (Wildman–Crippen LogP) is 4.05. The molecule has 0 saturated heterocycles. The summed E-state index contributed by atoms with van der Waals surface area (Å²) in [6.45, 7) is 2.27. The third kappa shape index (κ3) is 6.31. The zero-order valence-corrected chi connectivity index (χ0v) is 16.5. The third-order valence-corrected chi connectivity index (χ3v) is 4.04. The van der Waals surface area contributed by atoms with Gasteiger partial charge in [-0.15, -0.1) is 0 Å². The number of amides is 2. The molecule has 0 atom stereocenters. The molecule has 2 N–H and O–H groups in total. The van der Waals surface area contributed by atoms with Crippen LogP contribution in [0.25, 0.3) is 6.08 Å². The number of rotatable bonds is 7. The Kier molecular flexibility index (Phi) is 7.88. The summed E-state index contributed by atoms with van der Waals surface area (Å²) in [4.78, 5) is 23.7. The second kappa shape index (κ2) is 10.4. The van der Waals surface area contributed by atoms with Crippen LogP contribution in [0.1, 0.15) is 12.5 Å². The number of carbonyl (C=O) groups is 2. The van der Waals surface area contributed by atoms with E-state index in [9.17, 15) is 14.9 Å². The van der Waals surface area contributed by atoms with Gasteiger partial charge in [-0.25, -0.2) is 0 Å². The van der Waals surface area contributed by atoms with Crippen LogP contribution in [0.15, 0.2) is 48.0 Å². The van der Waals surface area contributed by atoms with E-state index in [1.807, 2.05) is 13.0 Å². The van der Waals surface area contributed by atoms with Crippen molar-refractivity contribution in [3.05, 3.63) is 63.6 Å². The van der Waals surface area contributed by atoms with Gasteiger partial charge in [-0.2, -0.15) is 5.26 Å². The van der Waals surface area contributed by atoms with E-state index >= 15 is 0 Å². The van der Waals surface area contributed by atoms with Crippen LogP contribution in [0, 0.1) is 11.3 Å². The summed E-state index contributed by atoms with van der Waals surface area (Å²) < 4.78 is 5.35. The second-order valence-electron chi connectivity index (χ2n) is 5.56. The number of ether oxygens (including phenoxy) is 1. The van der Waals surface area contributed by atoms with Crippen molar-refractivity contribution < 1.29 is 14.3 Å². The molecule has 0 heterocycles. The monoisotopic (exact) mass is 417 g/mol. The summed E-state index contributed by atoms with van der Waals surface area (Å²) in [5.74, 6) is -0.324. The third-order valence-electron chi connectivity index (χ3n) is 3.48. The van der Waals surface area contributed by atoms with Crippen molar-refractivity contribution >= 4 is 46.8 Å². The summed E-state index contributed by atoms with van der Waals surface area (Å²) in [6.07, 6.45) is 1.43. The Morgan fingerprint density at radius 2 is 1.89 bits per heavy atom. The molecule has 0 fully saturated rings. The van der Waals surface area contributed by atoms with Crippen LogP contribution < -0.4 is 15.4 Å². The molecule has 2 rings (SSSR count). The molecule has 0 aliphatic rings. The number of hydrogen-bond acceptors (Lipinski definition) is 4.